The molecule has 164 valence electrons. The number of nitrogens with zero attached hydrogens (tertiary/aromatic N) is 3. The molecule has 2 unspecified atom stereocenters. The molecule has 0 bridgehead atoms. The van der Waals surface area contributed by atoms with Gasteiger partial charge in [0.2, 0.25) is 16.0 Å². The van der Waals surface area contributed by atoms with Crippen LogP contribution in [0.15, 0.2) is 65.7 Å². The number of anilines is 3. The summed E-state index contributed by atoms with van der Waals surface area (Å²) in [5.41, 5.74) is 0.734. The van der Waals surface area contributed by atoms with E-state index < -0.39 is 10.0 Å². The lowest BCUT2D eigenvalue weighted by Gasteiger charge is -2.27. The molecule has 8 heteroatoms. The second-order valence-electron chi connectivity index (χ2n) is 8.37. The lowest BCUT2D eigenvalue weighted by Crippen LogP contribution is -2.32. The highest BCUT2D eigenvalue weighted by Gasteiger charge is 2.32. The van der Waals surface area contributed by atoms with Gasteiger partial charge in [-0.1, -0.05) is 38.2 Å². The van der Waals surface area contributed by atoms with Crippen molar-refractivity contribution >= 4 is 27.5 Å². The van der Waals surface area contributed by atoms with Gasteiger partial charge in [-0.05, 0) is 49.1 Å². The predicted octanol–water partition coefficient (Wildman–Crippen LogP) is 3.87. The van der Waals surface area contributed by atoms with E-state index in [9.17, 15) is 8.42 Å². The van der Waals surface area contributed by atoms with Crippen LogP contribution in [0, 0.1) is 11.8 Å². The average molecular weight is 440 g/mol. The fourth-order valence-corrected chi connectivity index (χ4v) is 4.98. The first-order chi connectivity index (χ1) is 14.9. The highest BCUT2D eigenvalue weighted by Crippen LogP contribution is 2.32. The molecular weight excluding hydrogens is 410 g/mol. The second-order valence-corrected chi connectivity index (χ2v) is 10.1. The van der Waals surface area contributed by atoms with Crippen molar-refractivity contribution in [3.63, 3.8) is 0 Å². The summed E-state index contributed by atoms with van der Waals surface area (Å²) in [5, 5.41) is 3.18. The molecule has 0 radical (unpaired) electrons. The van der Waals surface area contributed by atoms with Crippen molar-refractivity contribution in [2.45, 2.75) is 37.6 Å². The van der Waals surface area contributed by atoms with Crippen LogP contribution >= 0.6 is 0 Å². The highest BCUT2D eigenvalue weighted by molar-refractivity contribution is 7.89. The minimum absolute atomic E-state index is 0.247. The normalized spacial score (nSPS) is 20.3. The van der Waals surface area contributed by atoms with Crippen LogP contribution in [0.1, 0.15) is 26.7 Å². The summed E-state index contributed by atoms with van der Waals surface area (Å²) in [4.78, 5) is 11.6. The van der Waals surface area contributed by atoms with Crippen molar-refractivity contribution < 1.29 is 8.42 Å². The Balaban J connectivity index is 1.42. The molecule has 2 aromatic rings. The summed E-state index contributed by atoms with van der Waals surface area (Å²) in [6, 6.07) is 8.90. The van der Waals surface area contributed by atoms with Crippen molar-refractivity contribution in [2.24, 2.45) is 11.8 Å². The quantitative estimate of drug-likeness (QED) is 0.649. The van der Waals surface area contributed by atoms with Crippen LogP contribution in [0.5, 0.6) is 0 Å². The standard InChI is InChI=1S/C23H29N5O2S/c1-17(2)11-15-25-31(29,30)20-9-7-19(8-10-20)26-23-24-14-12-22(27-23)28-16-13-18-5-3-4-6-21(18)28/h3-10,12,14,17-18,21,25H,11,13,15-16H2,1-2H3,(H,24,26,27). The first-order valence-electron chi connectivity index (χ1n) is 10.7. The van der Waals surface area contributed by atoms with E-state index in [1.165, 1.54) is 0 Å². The maximum absolute atomic E-state index is 12.4. The fourth-order valence-electron chi connectivity index (χ4n) is 3.93. The largest absolute Gasteiger partial charge is 0.349 e. The van der Waals surface area contributed by atoms with Crippen molar-refractivity contribution in [2.75, 3.05) is 23.3 Å². The third-order valence-corrected chi connectivity index (χ3v) is 7.13. The number of fused-ring (bicyclic) bond motifs is 1. The van der Waals surface area contributed by atoms with Crippen LogP contribution in [0.25, 0.3) is 0 Å². The molecule has 1 aliphatic heterocycles. The van der Waals surface area contributed by atoms with E-state index in [2.05, 4.69) is 63.1 Å². The summed E-state index contributed by atoms with van der Waals surface area (Å²) >= 11 is 0. The second kappa shape index (κ2) is 9.20. The van der Waals surface area contributed by atoms with Gasteiger partial charge in [-0.2, -0.15) is 4.98 Å². The van der Waals surface area contributed by atoms with Crippen LogP contribution in [-0.2, 0) is 10.0 Å². The molecule has 0 saturated carbocycles. The van der Waals surface area contributed by atoms with Gasteiger partial charge >= 0.3 is 0 Å². The number of allylic oxidation sites excluding steroid dienone is 2. The Labute approximate surface area is 184 Å². The van der Waals surface area contributed by atoms with Crippen molar-refractivity contribution in [1.82, 2.24) is 14.7 Å². The number of rotatable bonds is 8. The van der Waals surface area contributed by atoms with Crippen molar-refractivity contribution in [3.8, 4) is 0 Å². The molecule has 1 fully saturated rings. The Kier molecular flexibility index (Phi) is 6.38. The van der Waals surface area contributed by atoms with Gasteiger partial charge < -0.3 is 10.2 Å². The number of hydrogen-bond donors (Lipinski definition) is 2. The molecule has 2 heterocycles. The Bertz CT molecular complexity index is 1060. The Morgan fingerprint density at radius 1 is 1.13 bits per heavy atom. The number of benzene rings is 1. The lowest BCUT2D eigenvalue weighted by molar-refractivity contribution is 0.551. The molecule has 2 atom stereocenters. The number of hydrogen-bond acceptors (Lipinski definition) is 6. The number of aromatic nitrogens is 2. The Hall–Kier alpha value is -2.71. The molecule has 4 rings (SSSR count). The highest BCUT2D eigenvalue weighted by atomic mass is 32.2. The third kappa shape index (κ3) is 5.14. The average Bonchev–Trinajstić information content (AvgIpc) is 3.18. The van der Waals surface area contributed by atoms with Gasteiger partial charge in [0, 0.05) is 30.9 Å². The molecule has 31 heavy (non-hydrogen) atoms. The molecular formula is C23H29N5O2S. The SMILES string of the molecule is CC(C)CCNS(=O)(=O)c1ccc(Nc2nccc(N3CCC4C=CC=CC43)n2)cc1. The zero-order valence-corrected chi connectivity index (χ0v) is 18.7. The zero-order valence-electron chi connectivity index (χ0n) is 17.9. The van der Waals surface area contributed by atoms with Gasteiger partial charge in [0.15, 0.2) is 0 Å². The van der Waals surface area contributed by atoms with Crippen LogP contribution in [0.3, 0.4) is 0 Å². The molecule has 2 N–H and O–H groups in total. The monoisotopic (exact) mass is 439 g/mol. The maximum atomic E-state index is 12.4. The molecule has 0 amide bonds. The maximum Gasteiger partial charge on any atom is 0.240 e. The van der Waals surface area contributed by atoms with Gasteiger partial charge in [-0.15, -0.1) is 0 Å². The minimum Gasteiger partial charge on any atom is -0.349 e. The van der Waals surface area contributed by atoms with Gasteiger partial charge in [-0.3, -0.25) is 0 Å². The fraction of sp³-hybridized carbons (Fsp3) is 0.391. The van der Waals surface area contributed by atoms with Gasteiger partial charge in [0.1, 0.15) is 5.82 Å². The lowest BCUT2D eigenvalue weighted by atomic mass is 9.96. The predicted molar refractivity (Wildman–Crippen MR) is 124 cm³/mol. The van der Waals surface area contributed by atoms with Crippen LogP contribution in [0.2, 0.25) is 0 Å². The molecule has 1 aromatic carbocycles. The van der Waals surface area contributed by atoms with Gasteiger partial charge in [0.05, 0.1) is 10.9 Å². The van der Waals surface area contributed by atoms with E-state index in [0.717, 1.165) is 30.9 Å². The Morgan fingerprint density at radius 3 is 2.68 bits per heavy atom. The topological polar surface area (TPSA) is 87.2 Å². The first kappa shape index (κ1) is 21.5. The first-order valence-corrected chi connectivity index (χ1v) is 12.2. The zero-order chi connectivity index (χ0) is 21.8. The Morgan fingerprint density at radius 2 is 1.90 bits per heavy atom. The number of nitrogens with one attached hydrogen (secondary N) is 2. The third-order valence-electron chi connectivity index (χ3n) is 5.65. The van der Waals surface area contributed by atoms with E-state index in [-0.39, 0.29) is 4.90 Å². The minimum atomic E-state index is -3.50. The summed E-state index contributed by atoms with van der Waals surface area (Å²) in [5.74, 6) is 2.35. The molecule has 1 aliphatic carbocycles. The van der Waals surface area contributed by atoms with E-state index >= 15 is 0 Å². The van der Waals surface area contributed by atoms with E-state index in [1.807, 2.05) is 6.07 Å². The smallest absolute Gasteiger partial charge is 0.240 e. The molecule has 1 aromatic heterocycles. The van der Waals surface area contributed by atoms with E-state index in [4.69, 9.17) is 0 Å². The molecule has 0 spiro atoms. The summed E-state index contributed by atoms with van der Waals surface area (Å²) in [6.07, 6.45) is 12.3. The molecule has 2 aliphatic rings. The summed E-state index contributed by atoms with van der Waals surface area (Å²) in [6.45, 7) is 5.52. The van der Waals surface area contributed by atoms with Crippen molar-refractivity contribution in [3.05, 3.63) is 60.8 Å². The van der Waals surface area contributed by atoms with Crippen LogP contribution in [-0.4, -0.2) is 37.5 Å². The molecule has 1 saturated heterocycles. The van der Waals surface area contributed by atoms with Gasteiger partial charge in [0.25, 0.3) is 0 Å². The van der Waals surface area contributed by atoms with Crippen LogP contribution < -0.4 is 14.9 Å². The van der Waals surface area contributed by atoms with Gasteiger partial charge in [-0.25, -0.2) is 18.1 Å². The summed E-state index contributed by atoms with van der Waals surface area (Å²) < 4.78 is 27.5. The molecule has 7 nitrogen and oxygen atoms in total. The summed E-state index contributed by atoms with van der Waals surface area (Å²) in [7, 11) is -3.50. The van der Waals surface area contributed by atoms with Crippen LogP contribution in [0.4, 0.5) is 17.5 Å². The van der Waals surface area contributed by atoms with E-state index in [1.54, 1.807) is 30.5 Å². The van der Waals surface area contributed by atoms with E-state index in [0.29, 0.717) is 30.4 Å². The van der Waals surface area contributed by atoms with Crippen molar-refractivity contribution in [1.29, 1.82) is 0 Å². The number of sulfonamides is 1.